The molecule has 0 spiro atoms. The van der Waals surface area contributed by atoms with Gasteiger partial charge in [0.05, 0.1) is 0 Å². The van der Waals surface area contributed by atoms with Crippen molar-refractivity contribution < 1.29 is 69.1 Å². The van der Waals surface area contributed by atoms with E-state index in [9.17, 15) is 39.5 Å². The molecule has 0 heterocycles. The van der Waals surface area contributed by atoms with Crippen molar-refractivity contribution in [3.8, 4) is 0 Å². The van der Waals surface area contributed by atoms with Gasteiger partial charge in [-0.1, -0.05) is 11.6 Å². The Morgan fingerprint density at radius 3 is 1.41 bits per heavy atom. The largest absolute Gasteiger partial charge is 1.00 e. The predicted octanol–water partition coefficient (Wildman–Crippen LogP) is -0.166. The number of alkyl halides is 9. The molecule has 98 valence electrons. The molecule has 0 bridgehead atoms. The zero-order valence-corrected chi connectivity index (χ0v) is 12.0. The quantitative estimate of drug-likeness (QED) is 0.309. The van der Waals surface area contributed by atoms with E-state index in [0.717, 1.165) is 0 Å². The SMILES string of the molecule is O=S([O-])C(F)(F)C(F)(F)C(F)(Cl)C(F)(F)Cl.[Na+]. The van der Waals surface area contributed by atoms with Crippen molar-refractivity contribution in [3.05, 3.63) is 0 Å². The molecule has 0 aliphatic heterocycles. The molecule has 0 amide bonds. The van der Waals surface area contributed by atoms with Gasteiger partial charge in [0, 0.05) is 11.1 Å². The zero-order chi connectivity index (χ0) is 13.6. The Morgan fingerprint density at radius 1 is 0.941 bits per heavy atom. The van der Waals surface area contributed by atoms with Crippen LogP contribution >= 0.6 is 23.2 Å². The molecule has 2 nitrogen and oxygen atoms in total. The van der Waals surface area contributed by atoms with Gasteiger partial charge in [0.15, 0.2) is 0 Å². The van der Waals surface area contributed by atoms with Crippen LogP contribution < -0.4 is 29.6 Å². The van der Waals surface area contributed by atoms with Gasteiger partial charge in [0.25, 0.3) is 0 Å². The molecule has 13 heteroatoms. The number of halogens is 9. The molecule has 0 aromatic heterocycles. The van der Waals surface area contributed by atoms with Gasteiger partial charge in [0.2, 0.25) is 0 Å². The summed E-state index contributed by atoms with van der Waals surface area (Å²) in [6.07, 6.45) is 0. The second kappa shape index (κ2) is 5.68. The Balaban J connectivity index is 0. The Hall–Kier alpha value is 1.20. The molecular formula is C4Cl2F7NaO2S. The molecule has 0 saturated heterocycles. The summed E-state index contributed by atoms with van der Waals surface area (Å²) in [7, 11) is 0. The summed E-state index contributed by atoms with van der Waals surface area (Å²) in [4.78, 5) is 0. The topological polar surface area (TPSA) is 40.1 Å². The summed E-state index contributed by atoms with van der Waals surface area (Å²) in [5.41, 5.74) is 0. The first-order valence-corrected chi connectivity index (χ1v) is 4.82. The van der Waals surface area contributed by atoms with Crippen molar-refractivity contribution in [2.45, 2.75) is 21.7 Å². The Morgan fingerprint density at radius 2 is 1.24 bits per heavy atom. The van der Waals surface area contributed by atoms with E-state index in [1.165, 1.54) is 0 Å². The molecule has 17 heavy (non-hydrogen) atoms. The van der Waals surface area contributed by atoms with Crippen LogP contribution in [0, 0.1) is 0 Å². The van der Waals surface area contributed by atoms with Gasteiger partial charge in [-0.3, -0.25) is 4.21 Å². The predicted molar refractivity (Wildman–Crippen MR) is 39.3 cm³/mol. The Kier molecular flexibility index (Phi) is 6.85. The van der Waals surface area contributed by atoms with E-state index in [1.54, 1.807) is 0 Å². The second-order valence-electron chi connectivity index (χ2n) is 2.40. The average Bonchev–Trinajstić information content (AvgIpc) is 2.00. The summed E-state index contributed by atoms with van der Waals surface area (Å²) >= 11 is 2.77. The third kappa shape index (κ3) is 3.40. The molecule has 0 fully saturated rings. The van der Waals surface area contributed by atoms with Crippen LogP contribution in [0.5, 0.6) is 0 Å². The minimum Gasteiger partial charge on any atom is -0.768 e. The molecule has 0 saturated carbocycles. The van der Waals surface area contributed by atoms with Crippen LogP contribution in [0.2, 0.25) is 0 Å². The van der Waals surface area contributed by atoms with Gasteiger partial charge in [-0.25, -0.2) is 4.39 Å². The molecule has 0 aromatic carbocycles. The van der Waals surface area contributed by atoms with Gasteiger partial charge < -0.3 is 4.55 Å². The molecule has 2 unspecified atom stereocenters. The van der Waals surface area contributed by atoms with E-state index in [1.807, 2.05) is 0 Å². The normalized spacial score (nSPS) is 19.2. The third-order valence-electron chi connectivity index (χ3n) is 1.33. The molecule has 2 atom stereocenters. The maximum atomic E-state index is 12.6. The van der Waals surface area contributed by atoms with Gasteiger partial charge in [-0.2, -0.15) is 26.3 Å². The fourth-order valence-electron chi connectivity index (χ4n) is 0.465. The van der Waals surface area contributed by atoms with Crippen LogP contribution in [0.4, 0.5) is 30.7 Å². The molecule has 0 radical (unpaired) electrons. The van der Waals surface area contributed by atoms with Crippen LogP contribution in [-0.4, -0.2) is 30.4 Å². The Labute approximate surface area is 124 Å². The fourth-order valence-corrected chi connectivity index (χ4v) is 1.11. The number of rotatable bonds is 4. The minimum absolute atomic E-state index is 0. The molecule has 0 rings (SSSR count). The first-order chi connectivity index (χ1) is 6.69. The van der Waals surface area contributed by atoms with E-state index in [4.69, 9.17) is 0 Å². The van der Waals surface area contributed by atoms with Crippen molar-refractivity contribution in [1.29, 1.82) is 0 Å². The first-order valence-electron chi connectivity index (χ1n) is 2.99. The van der Waals surface area contributed by atoms with Crippen molar-refractivity contribution in [1.82, 2.24) is 0 Å². The number of hydrogen-bond donors (Lipinski definition) is 0. The summed E-state index contributed by atoms with van der Waals surface area (Å²) in [6, 6.07) is 0. The summed E-state index contributed by atoms with van der Waals surface area (Å²) in [6.45, 7) is 0. The Bertz CT molecular complexity index is 307. The third-order valence-corrected chi connectivity index (χ3v) is 2.83. The van der Waals surface area contributed by atoms with Crippen LogP contribution in [0.25, 0.3) is 0 Å². The monoisotopic (exact) mass is 338 g/mol. The van der Waals surface area contributed by atoms with E-state index in [2.05, 4.69) is 23.2 Å². The second-order valence-corrected chi connectivity index (χ2v) is 4.38. The first kappa shape index (κ1) is 20.5. The maximum absolute atomic E-state index is 12.6. The molecule has 0 aromatic rings. The summed E-state index contributed by atoms with van der Waals surface area (Å²) < 4.78 is 106. The van der Waals surface area contributed by atoms with Crippen LogP contribution in [0.1, 0.15) is 0 Å². The maximum Gasteiger partial charge on any atom is 1.00 e. The van der Waals surface area contributed by atoms with Crippen LogP contribution in [-0.2, 0) is 11.1 Å². The zero-order valence-electron chi connectivity index (χ0n) is 7.63. The summed E-state index contributed by atoms with van der Waals surface area (Å²) in [5, 5.41) is -17.5. The van der Waals surface area contributed by atoms with Crippen LogP contribution in [0.15, 0.2) is 0 Å². The smallest absolute Gasteiger partial charge is 0.768 e. The van der Waals surface area contributed by atoms with E-state index >= 15 is 0 Å². The fraction of sp³-hybridized carbons (Fsp3) is 1.00. The molecular weight excluding hydrogens is 339 g/mol. The van der Waals surface area contributed by atoms with Gasteiger partial charge in [0.1, 0.15) is 0 Å². The van der Waals surface area contributed by atoms with Crippen LogP contribution in [0.3, 0.4) is 0 Å². The van der Waals surface area contributed by atoms with Gasteiger partial charge in [-0.15, -0.1) is 0 Å². The molecule has 0 N–H and O–H groups in total. The van der Waals surface area contributed by atoms with E-state index in [-0.39, 0.29) is 29.6 Å². The van der Waals surface area contributed by atoms with Crippen molar-refractivity contribution in [2.75, 3.05) is 0 Å². The summed E-state index contributed by atoms with van der Waals surface area (Å²) in [5.74, 6) is -6.43. The van der Waals surface area contributed by atoms with Gasteiger partial charge >= 0.3 is 51.2 Å². The standard InChI is InChI=1S/C4HCl2F7O2S.Na/c5-1(7,3(6,10)11)2(8,9)4(12,13)16(14)15;/h(H,14,15);/q;+1/p-1. The van der Waals surface area contributed by atoms with E-state index < -0.39 is 32.8 Å². The minimum atomic E-state index is -6.43. The van der Waals surface area contributed by atoms with Crippen molar-refractivity contribution in [3.63, 3.8) is 0 Å². The van der Waals surface area contributed by atoms with E-state index in [0.29, 0.717) is 0 Å². The molecule has 0 aliphatic carbocycles. The molecule has 0 aliphatic rings. The number of hydrogen-bond acceptors (Lipinski definition) is 2. The van der Waals surface area contributed by atoms with Crippen molar-refractivity contribution >= 4 is 34.3 Å². The van der Waals surface area contributed by atoms with Gasteiger partial charge in [-0.05, 0) is 11.6 Å². The average molecular weight is 339 g/mol. The van der Waals surface area contributed by atoms with Crippen molar-refractivity contribution in [2.24, 2.45) is 0 Å².